The van der Waals surface area contributed by atoms with Crippen molar-refractivity contribution < 1.29 is 9.84 Å². The summed E-state index contributed by atoms with van der Waals surface area (Å²) < 4.78 is 5.53. The lowest BCUT2D eigenvalue weighted by molar-refractivity contribution is -0.0299. The van der Waals surface area contributed by atoms with Gasteiger partial charge in [-0.2, -0.15) is 5.26 Å². The van der Waals surface area contributed by atoms with Crippen molar-refractivity contribution >= 4 is 0 Å². The van der Waals surface area contributed by atoms with Crippen molar-refractivity contribution in [2.75, 3.05) is 13.2 Å². The molecule has 0 aromatic carbocycles. The lowest BCUT2D eigenvalue weighted by atomic mass is 9.79. The van der Waals surface area contributed by atoms with Gasteiger partial charge in [-0.25, -0.2) is 0 Å². The third kappa shape index (κ3) is 5.52. The number of nitrogens with zero attached hydrogens (tertiary/aromatic N) is 1. The molecule has 0 amide bonds. The highest BCUT2D eigenvalue weighted by Gasteiger charge is 2.36. The van der Waals surface area contributed by atoms with E-state index in [2.05, 4.69) is 19.9 Å². The fourth-order valence-corrected chi connectivity index (χ4v) is 1.64. The molecule has 1 N–H and O–H groups in total. The third-order valence-corrected chi connectivity index (χ3v) is 3.33. The molecule has 0 aliphatic heterocycles. The van der Waals surface area contributed by atoms with Crippen LogP contribution in [0.15, 0.2) is 0 Å². The Bertz CT molecular complexity index is 247. The Hall–Kier alpha value is -0.590. The van der Waals surface area contributed by atoms with Crippen molar-refractivity contribution in [1.82, 2.24) is 0 Å². The molecule has 0 spiro atoms. The minimum Gasteiger partial charge on any atom is -0.391 e. The van der Waals surface area contributed by atoms with E-state index in [1.807, 2.05) is 13.8 Å². The van der Waals surface area contributed by atoms with Crippen LogP contribution in [0.25, 0.3) is 0 Å². The summed E-state index contributed by atoms with van der Waals surface area (Å²) in [5.41, 5.74) is -0.799. The Balaban J connectivity index is 4.24. The smallest absolute Gasteiger partial charge is 0.104 e. The van der Waals surface area contributed by atoms with Crippen molar-refractivity contribution in [3.8, 4) is 6.07 Å². The molecule has 0 radical (unpaired) electrons. The molecule has 17 heavy (non-hydrogen) atoms. The predicted molar refractivity (Wildman–Crippen MR) is 69.5 cm³/mol. The summed E-state index contributed by atoms with van der Waals surface area (Å²) in [6.07, 6.45) is 1.22. The summed E-state index contributed by atoms with van der Waals surface area (Å²) in [5, 5.41) is 19.4. The molecule has 3 unspecified atom stereocenters. The number of aliphatic hydroxyl groups is 1. The van der Waals surface area contributed by atoms with Gasteiger partial charge in [-0.3, -0.25) is 0 Å². The van der Waals surface area contributed by atoms with Gasteiger partial charge in [0.15, 0.2) is 0 Å². The minimum atomic E-state index is -0.799. The molecule has 0 aromatic heterocycles. The van der Waals surface area contributed by atoms with E-state index in [0.29, 0.717) is 19.1 Å². The Labute approximate surface area is 106 Å². The Morgan fingerprint density at radius 3 is 2.35 bits per heavy atom. The average Bonchev–Trinajstić information content (AvgIpc) is 2.32. The van der Waals surface area contributed by atoms with Crippen LogP contribution < -0.4 is 0 Å². The van der Waals surface area contributed by atoms with Crippen LogP contribution in [0.5, 0.6) is 0 Å². The van der Waals surface area contributed by atoms with Gasteiger partial charge in [-0.1, -0.05) is 34.1 Å². The van der Waals surface area contributed by atoms with Crippen molar-refractivity contribution in [3.63, 3.8) is 0 Å². The first-order chi connectivity index (χ1) is 7.87. The van der Waals surface area contributed by atoms with Crippen LogP contribution in [0.1, 0.15) is 47.5 Å². The zero-order valence-electron chi connectivity index (χ0n) is 11.9. The summed E-state index contributed by atoms with van der Waals surface area (Å²) in [6.45, 7) is 11.0. The zero-order chi connectivity index (χ0) is 13.5. The molecule has 0 saturated carbocycles. The monoisotopic (exact) mass is 241 g/mol. The van der Waals surface area contributed by atoms with Gasteiger partial charge in [0.1, 0.15) is 5.41 Å². The maximum atomic E-state index is 10.1. The maximum Gasteiger partial charge on any atom is 0.104 e. The number of ether oxygens (including phenoxy) is 1. The number of rotatable bonds is 8. The molecule has 0 aromatic rings. The topological polar surface area (TPSA) is 53.2 Å². The molecular weight excluding hydrogens is 214 g/mol. The van der Waals surface area contributed by atoms with Crippen molar-refractivity contribution in [1.29, 1.82) is 5.26 Å². The Morgan fingerprint density at radius 1 is 1.35 bits per heavy atom. The Kier molecular flexibility index (Phi) is 7.41. The van der Waals surface area contributed by atoms with Crippen LogP contribution in [0.2, 0.25) is 0 Å². The zero-order valence-corrected chi connectivity index (χ0v) is 11.9. The van der Waals surface area contributed by atoms with Gasteiger partial charge in [0.2, 0.25) is 0 Å². The first-order valence-corrected chi connectivity index (χ1v) is 6.54. The van der Waals surface area contributed by atoms with Gasteiger partial charge < -0.3 is 9.84 Å². The van der Waals surface area contributed by atoms with E-state index in [9.17, 15) is 10.4 Å². The number of aliphatic hydroxyl groups excluding tert-OH is 1. The van der Waals surface area contributed by atoms with E-state index in [1.54, 1.807) is 6.92 Å². The number of hydrogen-bond acceptors (Lipinski definition) is 3. The molecule has 0 fully saturated rings. The summed E-state index contributed by atoms with van der Waals surface area (Å²) in [6, 6.07) is 2.21. The second kappa shape index (κ2) is 7.68. The molecule has 0 bridgehead atoms. The van der Waals surface area contributed by atoms with E-state index in [0.717, 1.165) is 12.8 Å². The van der Waals surface area contributed by atoms with Gasteiger partial charge in [0, 0.05) is 6.61 Å². The van der Waals surface area contributed by atoms with E-state index < -0.39 is 11.5 Å². The van der Waals surface area contributed by atoms with Gasteiger partial charge >= 0.3 is 0 Å². The highest BCUT2D eigenvalue weighted by atomic mass is 16.5. The van der Waals surface area contributed by atoms with E-state index in [-0.39, 0.29) is 5.92 Å². The first-order valence-electron chi connectivity index (χ1n) is 6.54. The fourth-order valence-electron chi connectivity index (χ4n) is 1.64. The van der Waals surface area contributed by atoms with Gasteiger partial charge in [0.25, 0.3) is 0 Å². The van der Waals surface area contributed by atoms with Crippen molar-refractivity contribution in [2.45, 2.75) is 53.6 Å². The summed E-state index contributed by atoms with van der Waals surface area (Å²) in [7, 11) is 0. The largest absolute Gasteiger partial charge is 0.391 e. The van der Waals surface area contributed by atoms with E-state index in [1.165, 1.54) is 0 Å². The van der Waals surface area contributed by atoms with Crippen LogP contribution in [0.4, 0.5) is 0 Å². The highest BCUT2D eigenvalue weighted by molar-refractivity contribution is 5.02. The first kappa shape index (κ1) is 16.4. The quantitative estimate of drug-likeness (QED) is 0.665. The molecule has 0 aliphatic rings. The molecule has 0 rings (SSSR count). The second-order valence-corrected chi connectivity index (χ2v) is 5.59. The predicted octanol–water partition coefficient (Wildman–Crippen LogP) is 2.99. The highest BCUT2D eigenvalue weighted by Crippen LogP contribution is 2.28. The van der Waals surface area contributed by atoms with Gasteiger partial charge in [-0.15, -0.1) is 0 Å². The second-order valence-electron chi connectivity index (χ2n) is 5.59. The SMILES string of the molecule is CCC(C)C(O)C(C)(C#N)COCCC(C)C. The van der Waals surface area contributed by atoms with E-state index >= 15 is 0 Å². The van der Waals surface area contributed by atoms with E-state index in [4.69, 9.17) is 4.74 Å². The van der Waals surface area contributed by atoms with Crippen molar-refractivity contribution in [2.24, 2.45) is 17.3 Å². The van der Waals surface area contributed by atoms with Crippen molar-refractivity contribution in [3.05, 3.63) is 0 Å². The third-order valence-electron chi connectivity index (χ3n) is 3.33. The normalized spacial score (nSPS) is 18.5. The van der Waals surface area contributed by atoms with Crippen LogP contribution >= 0.6 is 0 Å². The maximum absolute atomic E-state index is 10.1. The standard InChI is InChI=1S/C14H27NO2/c1-6-12(4)13(16)14(5,9-15)10-17-8-7-11(2)3/h11-13,16H,6-8,10H2,1-5H3. The number of nitriles is 1. The summed E-state index contributed by atoms with van der Waals surface area (Å²) >= 11 is 0. The molecule has 0 saturated heterocycles. The van der Waals surface area contributed by atoms with Crippen LogP contribution in [0, 0.1) is 28.6 Å². The molecule has 3 atom stereocenters. The molecule has 0 aliphatic carbocycles. The van der Waals surface area contributed by atoms with Crippen LogP contribution in [0.3, 0.4) is 0 Å². The fraction of sp³-hybridized carbons (Fsp3) is 0.929. The minimum absolute atomic E-state index is 0.119. The number of hydrogen-bond donors (Lipinski definition) is 1. The van der Waals surface area contributed by atoms with Gasteiger partial charge in [0.05, 0.1) is 18.8 Å². The van der Waals surface area contributed by atoms with Crippen LogP contribution in [-0.4, -0.2) is 24.4 Å². The molecular formula is C14H27NO2. The van der Waals surface area contributed by atoms with Crippen LogP contribution in [-0.2, 0) is 4.74 Å². The molecule has 0 heterocycles. The summed E-state index contributed by atoms with van der Waals surface area (Å²) in [5.74, 6) is 0.719. The lowest BCUT2D eigenvalue weighted by Gasteiger charge is -2.31. The van der Waals surface area contributed by atoms with Gasteiger partial charge in [-0.05, 0) is 25.2 Å². The Morgan fingerprint density at radius 2 is 1.94 bits per heavy atom. The summed E-state index contributed by atoms with van der Waals surface area (Å²) in [4.78, 5) is 0. The average molecular weight is 241 g/mol. The molecule has 3 heteroatoms. The lowest BCUT2D eigenvalue weighted by Crippen LogP contribution is -2.39. The molecule has 100 valence electrons. The molecule has 3 nitrogen and oxygen atoms in total.